The third kappa shape index (κ3) is 3.30. The first-order chi connectivity index (χ1) is 13.1. The van der Waals surface area contributed by atoms with Gasteiger partial charge in [0.25, 0.3) is 5.91 Å². The molecule has 0 radical (unpaired) electrons. The Morgan fingerprint density at radius 1 is 1.30 bits per heavy atom. The van der Waals surface area contributed by atoms with E-state index in [1.165, 1.54) is 4.90 Å². The molecule has 3 amide bonds. The number of nitrogens with zero attached hydrogens (tertiary/aromatic N) is 1. The van der Waals surface area contributed by atoms with Gasteiger partial charge in [0.15, 0.2) is 0 Å². The maximum absolute atomic E-state index is 12.9. The summed E-state index contributed by atoms with van der Waals surface area (Å²) >= 11 is 0. The van der Waals surface area contributed by atoms with E-state index in [1.807, 2.05) is 19.1 Å². The van der Waals surface area contributed by atoms with Crippen molar-refractivity contribution in [1.82, 2.24) is 5.32 Å². The number of carbonyl (C=O) groups is 3. The van der Waals surface area contributed by atoms with Crippen molar-refractivity contribution in [3.8, 4) is 0 Å². The Kier molecular flexibility index (Phi) is 4.83. The van der Waals surface area contributed by atoms with Crippen LogP contribution in [0.15, 0.2) is 36.4 Å². The third-order valence-electron chi connectivity index (χ3n) is 5.75. The SMILES string of the molecule is C[C@@H]1C=CC[C@@H]2C(=O)N(c3cccc(C(=O)NC[C@@H]4CCCO4)c3)C(=O)[C@H]12. The number of fused-ring (bicyclic) bond motifs is 1. The topological polar surface area (TPSA) is 75.7 Å². The van der Waals surface area contributed by atoms with Crippen molar-refractivity contribution >= 4 is 23.4 Å². The predicted octanol–water partition coefficient (Wildman–Crippen LogP) is 2.30. The number of rotatable bonds is 4. The van der Waals surface area contributed by atoms with E-state index in [2.05, 4.69) is 5.32 Å². The Morgan fingerprint density at radius 3 is 2.89 bits per heavy atom. The highest BCUT2D eigenvalue weighted by Gasteiger charge is 2.50. The van der Waals surface area contributed by atoms with Crippen molar-refractivity contribution in [3.63, 3.8) is 0 Å². The first-order valence-corrected chi connectivity index (χ1v) is 9.60. The van der Waals surface area contributed by atoms with Crippen LogP contribution in [0.4, 0.5) is 5.69 Å². The summed E-state index contributed by atoms with van der Waals surface area (Å²) in [5, 5.41) is 2.88. The highest BCUT2D eigenvalue weighted by molar-refractivity contribution is 6.22. The first-order valence-electron chi connectivity index (χ1n) is 9.60. The number of nitrogens with one attached hydrogen (secondary N) is 1. The lowest BCUT2D eigenvalue weighted by molar-refractivity contribution is -0.122. The molecule has 0 bridgehead atoms. The summed E-state index contributed by atoms with van der Waals surface area (Å²) in [4.78, 5) is 39.5. The lowest BCUT2D eigenvalue weighted by Crippen LogP contribution is -2.33. The molecule has 2 aliphatic heterocycles. The average molecular weight is 368 g/mol. The number of imide groups is 1. The molecule has 1 aliphatic carbocycles. The molecule has 6 nitrogen and oxygen atoms in total. The van der Waals surface area contributed by atoms with Gasteiger partial charge < -0.3 is 10.1 Å². The van der Waals surface area contributed by atoms with E-state index < -0.39 is 0 Å². The number of amides is 3. The van der Waals surface area contributed by atoms with Gasteiger partial charge in [-0.15, -0.1) is 0 Å². The molecule has 4 atom stereocenters. The minimum Gasteiger partial charge on any atom is -0.376 e. The Bertz CT molecular complexity index is 797. The van der Waals surface area contributed by atoms with E-state index in [-0.39, 0.29) is 41.6 Å². The molecule has 4 rings (SSSR count). The van der Waals surface area contributed by atoms with Crippen LogP contribution < -0.4 is 10.2 Å². The quantitative estimate of drug-likeness (QED) is 0.654. The van der Waals surface area contributed by atoms with E-state index in [0.717, 1.165) is 19.4 Å². The number of ether oxygens (including phenoxy) is 1. The van der Waals surface area contributed by atoms with Crippen LogP contribution in [0.25, 0.3) is 0 Å². The maximum atomic E-state index is 12.9. The summed E-state index contributed by atoms with van der Waals surface area (Å²) in [7, 11) is 0. The molecule has 142 valence electrons. The highest BCUT2D eigenvalue weighted by atomic mass is 16.5. The van der Waals surface area contributed by atoms with Gasteiger partial charge in [0, 0.05) is 18.7 Å². The molecule has 0 unspecified atom stereocenters. The smallest absolute Gasteiger partial charge is 0.251 e. The zero-order valence-electron chi connectivity index (χ0n) is 15.4. The van der Waals surface area contributed by atoms with E-state index in [1.54, 1.807) is 24.3 Å². The fraction of sp³-hybridized carbons (Fsp3) is 0.476. The molecule has 2 fully saturated rings. The molecule has 3 aliphatic rings. The van der Waals surface area contributed by atoms with E-state index in [9.17, 15) is 14.4 Å². The lowest BCUT2D eigenvalue weighted by atomic mass is 9.78. The number of hydrogen-bond donors (Lipinski definition) is 1. The molecule has 1 aromatic carbocycles. The van der Waals surface area contributed by atoms with Crippen LogP contribution in [-0.2, 0) is 14.3 Å². The van der Waals surface area contributed by atoms with Crippen LogP contribution in [0, 0.1) is 17.8 Å². The van der Waals surface area contributed by atoms with Crippen molar-refractivity contribution in [3.05, 3.63) is 42.0 Å². The molecule has 0 spiro atoms. The number of hydrogen-bond acceptors (Lipinski definition) is 4. The fourth-order valence-corrected chi connectivity index (χ4v) is 4.30. The number of anilines is 1. The van der Waals surface area contributed by atoms with E-state index >= 15 is 0 Å². The Hall–Kier alpha value is -2.47. The minimum absolute atomic E-state index is 0.0445. The number of benzene rings is 1. The lowest BCUT2D eigenvalue weighted by Gasteiger charge is -2.22. The van der Waals surface area contributed by atoms with Crippen LogP contribution in [0.2, 0.25) is 0 Å². The van der Waals surface area contributed by atoms with E-state index in [4.69, 9.17) is 4.74 Å². The van der Waals surface area contributed by atoms with Crippen molar-refractivity contribution < 1.29 is 19.1 Å². The second kappa shape index (κ2) is 7.27. The first kappa shape index (κ1) is 17.9. The minimum atomic E-state index is -0.306. The van der Waals surface area contributed by atoms with Crippen molar-refractivity contribution in [1.29, 1.82) is 0 Å². The Morgan fingerprint density at radius 2 is 2.15 bits per heavy atom. The molecule has 0 aromatic heterocycles. The third-order valence-corrected chi connectivity index (χ3v) is 5.75. The normalized spacial score (nSPS) is 29.9. The molecule has 6 heteroatoms. The fourth-order valence-electron chi connectivity index (χ4n) is 4.30. The van der Waals surface area contributed by atoms with Gasteiger partial charge in [-0.25, -0.2) is 0 Å². The molecule has 27 heavy (non-hydrogen) atoms. The van der Waals surface area contributed by atoms with Gasteiger partial charge in [-0.05, 0) is 43.4 Å². The van der Waals surface area contributed by atoms with Crippen molar-refractivity contribution in [2.24, 2.45) is 17.8 Å². The Balaban J connectivity index is 1.51. The van der Waals surface area contributed by atoms with Gasteiger partial charge in [-0.1, -0.05) is 25.1 Å². The van der Waals surface area contributed by atoms with Gasteiger partial charge in [0.2, 0.25) is 11.8 Å². The van der Waals surface area contributed by atoms with Gasteiger partial charge in [0.1, 0.15) is 0 Å². The number of allylic oxidation sites excluding steroid dienone is 2. The van der Waals surface area contributed by atoms with Crippen molar-refractivity contribution in [2.45, 2.75) is 32.3 Å². The second-order valence-corrected chi connectivity index (χ2v) is 7.56. The van der Waals surface area contributed by atoms with E-state index in [0.29, 0.717) is 24.2 Å². The molecule has 2 heterocycles. The molecule has 2 saturated heterocycles. The molecular formula is C21H24N2O4. The summed E-state index contributed by atoms with van der Waals surface area (Å²) in [5.74, 6) is -1.12. The number of carbonyl (C=O) groups excluding carboxylic acids is 3. The maximum Gasteiger partial charge on any atom is 0.251 e. The summed E-state index contributed by atoms with van der Waals surface area (Å²) in [5.41, 5.74) is 0.906. The average Bonchev–Trinajstić information content (AvgIpc) is 3.27. The summed E-state index contributed by atoms with van der Waals surface area (Å²) in [6.07, 6.45) is 6.62. The van der Waals surface area contributed by atoms with Crippen LogP contribution in [-0.4, -0.2) is 37.0 Å². The Labute approximate surface area is 158 Å². The molecular weight excluding hydrogens is 344 g/mol. The largest absolute Gasteiger partial charge is 0.376 e. The summed E-state index contributed by atoms with van der Waals surface area (Å²) < 4.78 is 5.52. The van der Waals surface area contributed by atoms with Gasteiger partial charge in [-0.2, -0.15) is 0 Å². The zero-order valence-corrected chi connectivity index (χ0v) is 15.4. The van der Waals surface area contributed by atoms with Gasteiger partial charge in [-0.3, -0.25) is 19.3 Å². The standard InChI is InChI=1S/C21H24N2O4/c1-13-5-2-9-17-18(13)21(26)23(20(17)25)15-7-3-6-14(11-15)19(24)22-12-16-8-4-10-27-16/h2-3,5-7,11,13,16-18H,4,8-10,12H2,1H3,(H,22,24)/t13-,16+,17+,18-/m1/s1. The molecule has 0 saturated carbocycles. The van der Waals surface area contributed by atoms with Crippen molar-refractivity contribution in [2.75, 3.05) is 18.1 Å². The van der Waals surface area contributed by atoms with Gasteiger partial charge >= 0.3 is 0 Å². The van der Waals surface area contributed by atoms with Crippen LogP contribution >= 0.6 is 0 Å². The predicted molar refractivity (Wildman–Crippen MR) is 100 cm³/mol. The van der Waals surface area contributed by atoms with Crippen LogP contribution in [0.3, 0.4) is 0 Å². The zero-order chi connectivity index (χ0) is 19.0. The monoisotopic (exact) mass is 368 g/mol. The van der Waals surface area contributed by atoms with Crippen LogP contribution in [0.5, 0.6) is 0 Å². The van der Waals surface area contributed by atoms with Crippen LogP contribution in [0.1, 0.15) is 36.5 Å². The van der Waals surface area contributed by atoms with Gasteiger partial charge in [0.05, 0.1) is 23.6 Å². The summed E-state index contributed by atoms with van der Waals surface area (Å²) in [6, 6.07) is 6.73. The molecule has 1 aromatic rings. The second-order valence-electron chi connectivity index (χ2n) is 7.56. The highest BCUT2D eigenvalue weighted by Crippen LogP contribution is 2.40. The summed E-state index contributed by atoms with van der Waals surface area (Å²) in [6.45, 7) is 3.18. The molecule has 1 N–H and O–H groups in total.